The maximum Gasteiger partial charge on any atom is 0.573 e. The van der Waals surface area contributed by atoms with Crippen LogP contribution < -0.4 is 15.6 Å². The van der Waals surface area contributed by atoms with E-state index in [9.17, 15) is 27.2 Å². The molecule has 1 unspecified atom stereocenters. The molecule has 2 N–H and O–H groups in total. The first kappa shape index (κ1) is 21.0. The summed E-state index contributed by atoms with van der Waals surface area (Å²) in [4.78, 5) is 30.4. The van der Waals surface area contributed by atoms with Crippen molar-refractivity contribution in [2.24, 2.45) is 0 Å². The molecule has 3 rings (SSSR count). The molecule has 1 aromatic carbocycles. The topological polar surface area (TPSA) is 84.1 Å². The minimum atomic E-state index is -5.04. The van der Waals surface area contributed by atoms with Gasteiger partial charge in [-0.15, -0.1) is 13.2 Å². The highest BCUT2D eigenvalue weighted by Gasteiger charge is 2.32. The number of aryl methyl sites for hydroxylation is 1. The molecule has 0 aliphatic rings. The third-order valence-electron chi connectivity index (χ3n) is 4.07. The molecule has 156 valence electrons. The molecule has 0 fully saturated rings. The number of halogens is 4. The second kappa shape index (κ2) is 8.36. The summed E-state index contributed by atoms with van der Waals surface area (Å²) in [7, 11) is 0. The summed E-state index contributed by atoms with van der Waals surface area (Å²) in [5.74, 6) is -2.84. The normalized spacial score (nSPS) is 12.3. The summed E-state index contributed by atoms with van der Waals surface area (Å²) in [5, 5.41) is 2.65. The van der Waals surface area contributed by atoms with Crippen molar-refractivity contribution in [3.8, 4) is 5.75 Å². The summed E-state index contributed by atoms with van der Waals surface area (Å²) in [5.41, 5.74) is 1.05. The Labute approximate surface area is 167 Å². The molecule has 0 aliphatic carbocycles. The molecule has 30 heavy (non-hydrogen) atoms. The number of amides is 1. The summed E-state index contributed by atoms with van der Waals surface area (Å²) < 4.78 is 55.0. The van der Waals surface area contributed by atoms with Gasteiger partial charge in [-0.2, -0.15) is 0 Å². The lowest BCUT2D eigenvalue weighted by molar-refractivity contribution is -0.275. The number of aromatic amines is 1. The molecule has 2 heterocycles. The molecule has 0 saturated carbocycles. The average Bonchev–Trinajstić information content (AvgIpc) is 2.68. The number of aromatic nitrogens is 2. The zero-order chi connectivity index (χ0) is 21.9. The number of ether oxygens (including phenoxy) is 1. The van der Waals surface area contributed by atoms with Crippen LogP contribution in [0, 0.1) is 12.7 Å². The molecule has 2 aromatic heterocycles. The maximum atomic E-state index is 14.2. The van der Waals surface area contributed by atoms with E-state index < -0.39 is 35.4 Å². The lowest BCUT2D eigenvalue weighted by Crippen LogP contribution is -2.30. The Morgan fingerprint density at radius 3 is 2.50 bits per heavy atom. The van der Waals surface area contributed by atoms with Crippen molar-refractivity contribution < 1.29 is 27.1 Å². The first-order valence-corrected chi connectivity index (χ1v) is 8.60. The fourth-order valence-corrected chi connectivity index (χ4v) is 2.65. The molecule has 0 saturated heterocycles. The van der Waals surface area contributed by atoms with Crippen molar-refractivity contribution in [3.05, 3.63) is 93.4 Å². The first-order valence-electron chi connectivity index (χ1n) is 8.60. The Kier molecular flexibility index (Phi) is 5.86. The minimum Gasteiger partial charge on any atom is -0.403 e. The Balaban J connectivity index is 1.96. The number of rotatable bonds is 5. The van der Waals surface area contributed by atoms with Crippen molar-refractivity contribution in [2.75, 3.05) is 0 Å². The van der Waals surface area contributed by atoms with Gasteiger partial charge in [-0.05, 0) is 42.3 Å². The second-order valence-electron chi connectivity index (χ2n) is 6.35. The number of hydrogen-bond acceptors (Lipinski definition) is 4. The van der Waals surface area contributed by atoms with E-state index in [2.05, 4.69) is 20.0 Å². The molecular formula is C20H15F4N3O3. The molecule has 0 aliphatic heterocycles. The van der Waals surface area contributed by atoms with Gasteiger partial charge in [0.25, 0.3) is 5.91 Å². The summed E-state index contributed by atoms with van der Waals surface area (Å²) >= 11 is 0. The Morgan fingerprint density at radius 2 is 1.93 bits per heavy atom. The fourth-order valence-electron chi connectivity index (χ4n) is 2.65. The highest BCUT2D eigenvalue weighted by molar-refractivity contribution is 5.94. The predicted octanol–water partition coefficient (Wildman–Crippen LogP) is 3.64. The lowest BCUT2D eigenvalue weighted by Gasteiger charge is -2.20. The number of nitrogens with zero attached hydrogens (tertiary/aromatic N) is 1. The minimum absolute atomic E-state index is 0.129. The number of hydrogen-bond donors (Lipinski definition) is 2. The highest BCUT2D eigenvalue weighted by atomic mass is 19.4. The molecule has 1 amide bonds. The first-order chi connectivity index (χ1) is 14.1. The number of H-pyrrole nitrogens is 1. The largest absolute Gasteiger partial charge is 0.573 e. The van der Waals surface area contributed by atoms with Gasteiger partial charge >= 0.3 is 6.36 Å². The summed E-state index contributed by atoms with van der Waals surface area (Å²) in [6.45, 7) is 1.80. The van der Waals surface area contributed by atoms with Crippen molar-refractivity contribution in [2.45, 2.75) is 19.3 Å². The van der Waals surface area contributed by atoms with Gasteiger partial charge in [-0.1, -0.05) is 12.1 Å². The van der Waals surface area contributed by atoms with Crippen molar-refractivity contribution in [1.29, 1.82) is 0 Å². The lowest BCUT2D eigenvalue weighted by atomic mass is 10.0. The van der Waals surface area contributed by atoms with Crippen LogP contribution in [0.3, 0.4) is 0 Å². The predicted molar refractivity (Wildman–Crippen MR) is 98.4 cm³/mol. The van der Waals surface area contributed by atoms with E-state index in [0.717, 1.165) is 23.8 Å². The highest BCUT2D eigenvalue weighted by Crippen LogP contribution is 2.29. The van der Waals surface area contributed by atoms with Crippen LogP contribution in [0.15, 0.2) is 59.7 Å². The fraction of sp³-hybridized carbons (Fsp3) is 0.150. The quantitative estimate of drug-likeness (QED) is 0.617. The van der Waals surface area contributed by atoms with Gasteiger partial charge in [0.05, 0.1) is 17.3 Å². The number of carbonyl (C=O) groups is 1. The van der Waals surface area contributed by atoms with E-state index in [1.165, 1.54) is 24.5 Å². The molecule has 0 radical (unpaired) electrons. The van der Waals surface area contributed by atoms with Crippen LogP contribution in [0.1, 0.15) is 33.2 Å². The number of benzene rings is 1. The van der Waals surface area contributed by atoms with Gasteiger partial charge in [-0.25, -0.2) is 4.39 Å². The van der Waals surface area contributed by atoms with Crippen LogP contribution in [-0.4, -0.2) is 22.2 Å². The standard InChI is InChI=1S/C20H15F4N3O3/c1-11-2-5-15(25-9-11)18(27-19(29)13-4-7-17(28)26-10-13)12-3-6-16(14(21)8-12)30-20(22,23)24/h2-10,18H,1H3,(H,26,28)(H,27,29). The van der Waals surface area contributed by atoms with Gasteiger partial charge in [0.15, 0.2) is 11.6 Å². The van der Waals surface area contributed by atoms with Crippen molar-refractivity contribution >= 4 is 5.91 Å². The number of carbonyl (C=O) groups excluding carboxylic acids is 1. The average molecular weight is 421 g/mol. The van der Waals surface area contributed by atoms with E-state index in [1.807, 2.05) is 0 Å². The smallest absolute Gasteiger partial charge is 0.403 e. The van der Waals surface area contributed by atoms with E-state index in [-0.39, 0.29) is 11.1 Å². The van der Waals surface area contributed by atoms with Gasteiger partial charge in [0, 0.05) is 18.5 Å². The van der Waals surface area contributed by atoms with Crippen LogP contribution in [0.2, 0.25) is 0 Å². The number of alkyl halides is 3. The Hall–Kier alpha value is -3.69. The second-order valence-corrected chi connectivity index (χ2v) is 6.35. The molecule has 1 atom stereocenters. The summed E-state index contributed by atoms with van der Waals surface area (Å²) in [6, 6.07) is 7.67. The van der Waals surface area contributed by atoms with Gasteiger partial charge in [0.1, 0.15) is 0 Å². The van der Waals surface area contributed by atoms with Gasteiger partial charge in [0.2, 0.25) is 5.56 Å². The molecular weight excluding hydrogens is 406 g/mol. The van der Waals surface area contributed by atoms with Crippen LogP contribution >= 0.6 is 0 Å². The van der Waals surface area contributed by atoms with Crippen LogP contribution in [0.4, 0.5) is 17.6 Å². The number of nitrogens with one attached hydrogen (secondary N) is 2. The van der Waals surface area contributed by atoms with E-state index in [1.54, 1.807) is 19.1 Å². The van der Waals surface area contributed by atoms with Gasteiger partial charge < -0.3 is 15.0 Å². The maximum absolute atomic E-state index is 14.2. The van der Waals surface area contributed by atoms with Crippen LogP contribution in [0.25, 0.3) is 0 Å². The molecule has 6 nitrogen and oxygen atoms in total. The SMILES string of the molecule is Cc1ccc(C(NC(=O)c2ccc(=O)[nH]c2)c2ccc(OC(F)(F)F)c(F)c2)nc1. The molecule has 10 heteroatoms. The monoisotopic (exact) mass is 421 g/mol. The summed E-state index contributed by atoms with van der Waals surface area (Å²) in [6.07, 6.45) is -2.30. The van der Waals surface area contributed by atoms with Crippen molar-refractivity contribution in [1.82, 2.24) is 15.3 Å². The van der Waals surface area contributed by atoms with E-state index >= 15 is 0 Å². The molecule has 0 spiro atoms. The van der Waals surface area contributed by atoms with Crippen LogP contribution in [-0.2, 0) is 0 Å². The third kappa shape index (κ3) is 5.22. The zero-order valence-electron chi connectivity index (χ0n) is 15.5. The van der Waals surface area contributed by atoms with Crippen LogP contribution in [0.5, 0.6) is 5.75 Å². The van der Waals surface area contributed by atoms with Crippen molar-refractivity contribution in [3.63, 3.8) is 0 Å². The zero-order valence-corrected chi connectivity index (χ0v) is 15.5. The molecule has 3 aromatic rings. The van der Waals surface area contributed by atoms with Gasteiger partial charge in [-0.3, -0.25) is 14.6 Å². The Bertz CT molecular complexity index is 1090. The number of pyridine rings is 2. The van der Waals surface area contributed by atoms with E-state index in [4.69, 9.17) is 0 Å². The van der Waals surface area contributed by atoms with E-state index in [0.29, 0.717) is 5.69 Å². The Morgan fingerprint density at radius 1 is 1.17 bits per heavy atom. The third-order valence-corrected chi connectivity index (χ3v) is 4.07. The molecule has 0 bridgehead atoms.